The first-order chi connectivity index (χ1) is 8.79. The van der Waals surface area contributed by atoms with Gasteiger partial charge in [-0.05, 0) is 32.0 Å². The predicted molar refractivity (Wildman–Crippen MR) is 70.7 cm³/mol. The fourth-order valence-corrected chi connectivity index (χ4v) is 2.27. The van der Waals surface area contributed by atoms with E-state index >= 15 is 0 Å². The highest BCUT2D eigenvalue weighted by Crippen LogP contribution is 2.17. The van der Waals surface area contributed by atoms with E-state index in [4.69, 9.17) is 4.74 Å². The number of benzene rings is 1. The third-order valence-corrected chi connectivity index (χ3v) is 3.25. The average molecular weight is 248 g/mol. The van der Waals surface area contributed by atoms with Crippen LogP contribution >= 0.6 is 0 Å². The van der Waals surface area contributed by atoms with Crippen LogP contribution in [0.5, 0.6) is 5.75 Å². The lowest BCUT2D eigenvalue weighted by Gasteiger charge is -2.23. The lowest BCUT2D eigenvalue weighted by atomic mass is 10.1. The number of methoxy groups -OCH3 is 1. The van der Waals surface area contributed by atoms with Crippen LogP contribution in [0.2, 0.25) is 0 Å². The summed E-state index contributed by atoms with van der Waals surface area (Å²) in [6.45, 7) is 1.97. The molecule has 1 heterocycles. The third-order valence-electron chi connectivity index (χ3n) is 3.25. The normalized spacial score (nSPS) is 16.3. The summed E-state index contributed by atoms with van der Waals surface area (Å²) in [6, 6.07) is 7.96. The number of piperidine rings is 1. The summed E-state index contributed by atoms with van der Waals surface area (Å²) in [6.07, 6.45) is 2.41. The van der Waals surface area contributed by atoms with Crippen molar-refractivity contribution in [3.8, 4) is 5.75 Å². The van der Waals surface area contributed by atoms with E-state index in [1.165, 1.54) is 0 Å². The molecule has 1 aliphatic heterocycles. The molecule has 0 aromatic heterocycles. The van der Waals surface area contributed by atoms with Gasteiger partial charge >= 0.3 is 0 Å². The van der Waals surface area contributed by atoms with Crippen LogP contribution in [0.15, 0.2) is 24.3 Å². The number of para-hydroxylation sites is 1. The minimum atomic E-state index is 0.0754. The zero-order valence-corrected chi connectivity index (χ0v) is 10.7. The molecule has 4 nitrogen and oxygen atoms in total. The molecule has 1 saturated heterocycles. The van der Waals surface area contributed by atoms with Gasteiger partial charge in [0.25, 0.3) is 0 Å². The van der Waals surface area contributed by atoms with E-state index in [1.54, 1.807) is 7.11 Å². The van der Waals surface area contributed by atoms with Gasteiger partial charge in [-0.15, -0.1) is 0 Å². The van der Waals surface area contributed by atoms with Gasteiger partial charge in [-0.25, -0.2) is 0 Å². The Morgan fingerprint density at radius 2 is 2.11 bits per heavy atom. The molecular formula is C14H20N2O2. The van der Waals surface area contributed by atoms with Crippen molar-refractivity contribution in [1.29, 1.82) is 0 Å². The van der Waals surface area contributed by atoms with Gasteiger partial charge in [0, 0.05) is 11.6 Å². The van der Waals surface area contributed by atoms with E-state index < -0.39 is 0 Å². The molecule has 0 radical (unpaired) electrons. The Labute approximate surface area is 108 Å². The number of hydrogen-bond donors (Lipinski definition) is 2. The fraction of sp³-hybridized carbons (Fsp3) is 0.500. The summed E-state index contributed by atoms with van der Waals surface area (Å²) < 4.78 is 5.25. The minimum absolute atomic E-state index is 0.0754. The van der Waals surface area contributed by atoms with Gasteiger partial charge in [0.15, 0.2) is 0 Å². The number of amides is 1. The van der Waals surface area contributed by atoms with Crippen molar-refractivity contribution in [3.63, 3.8) is 0 Å². The summed E-state index contributed by atoms with van der Waals surface area (Å²) in [4.78, 5) is 12.0. The topological polar surface area (TPSA) is 50.4 Å². The number of rotatable bonds is 4. The van der Waals surface area contributed by atoms with Gasteiger partial charge in [0.1, 0.15) is 5.75 Å². The van der Waals surface area contributed by atoms with E-state index in [0.717, 1.165) is 37.2 Å². The smallest absolute Gasteiger partial charge is 0.224 e. The molecule has 18 heavy (non-hydrogen) atoms. The van der Waals surface area contributed by atoms with Gasteiger partial charge in [0.05, 0.1) is 13.5 Å². The second-order valence-corrected chi connectivity index (χ2v) is 4.58. The molecule has 1 aromatic rings. The number of carbonyl (C=O) groups excluding carboxylic acids is 1. The largest absolute Gasteiger partial charge is 0.496 e. The van der Waals surface area contributed by atoms with Gasteiger partial charge in [-0.2, -0.15) is 0 Å². The molecular weight excluding hydrogens is 228 g/mol. The highest BCUT2D eigenvalue weighted by atomic mass is 16.5. The molecule has 2 rings (SSSR count). The first-order valence-electron chi connectivity index (χ1n) is 6.41. The molecule has 4 heteroatoms. The molecule has 0 atom stereocenters. The lowest BCUT2D eigenvalue weighted by Crippen LogP contribution is -2.43. The second-order valence-electron chi connectivity index (χ2n) is 4.58. The minimum Gasteiger partial charge on any atom is -0.496 e. The van der Waals surface area contributed by atoms with E-state index in [1.807, 2.05) is 24.3 Å². The van der Waals surface area contributed by atoms with E-state index in [0.29, 0.717) is 12.5 Å². The van der Waals surface area contributed by atoms with Crippen molar-refractivity contribution in [2.75, 3.05) is 20.2 Å². The van der Waals surface area contributed by atoms with Crippen molar-refractivity contribution in [2.45, 2.75) is 25.3 Å². The fourth-order valence-electron chi connectivity index (χ4n) is 2.27. The first-order valence-corrected chi connectivity index (χ1v) is 6.41. The molecule has 98 valence electrons. The monoisotopic (exact) mass is 248 g/mol. The number of hydrogen-bond acceptors (Lipinski definition) is 3. The second kappa shape index (κ2) is 6.40. The highest BCUT2D eigenvalue weighted by molar-refractivity contribution is 5.79. The van der Waals surface area contributed by atoms with Crippen molar-refractivity contribution >= 4 is 5.91 Å². The zero-order chi connectivity index (χ0) is 12.8. The molecule has 1 amide bonds. The molecule has 2 N–H and O–H groups in total. The van der Waals surface area contributed by atoms with Crippen LogP contribution < -0.4 is 15.4 Å². The van der Waals surface area contributed by atoms with E-state index in [-0.39, 0.29) is 5.91 Å². The summed E-state index contributed by atoms with van der Waals surface area (Å²) in [5, 5.41) is 6.37. The maximum absolute atomic E-state index is 12.0. The molecule has 0 bridgehead atoms. The maximum Gasteiger partial charge on any atom is 0.224 e. The Bertz CT molecular complexity index is 401. The average Bonchev–Trinajstić information content (AvgIpc) is 2.40. The van der Waals surface area contributed by atoms with Crippen molar-refractivity contribution < 1.29 is 9.53 Å². The quantitative estimate of drug-likeness (QED) is 0.839. The Hall–Kier alpha value is -1.55. The number of ether oxygens (including phenoxy) is 1. The molecule has 0 spiro atoms. The van der Waals surface area contributed by atoms with Gasteiger partial charge in [-0.3, -0.25) is 4.79 Å². The van der Waals surface area contributed by atoms with Crippen LogP contribution in [0.1, 0.15) is 18.4 Å². The van der Waals surface area contributed by atoms with Crippen molar-refractivity contribution in [2.24, 2.45) is 0 Å². The van der Waals surface area contributed by atoms with Crippen LogP contribution in [-0.4, -0.2) is 32.1 Å². The zero-order valence-electron chi connectivity index (χ0n) is 10.7. The van der Waals surface area contributed by atoms with Gasteiger partial charge < -0.3 is 15.4 Å². The molecule has 0 aliphatic carbocycles. The van der Waals surface area contributed by atoms with E-state index in [2.05, 4.69) is 10.6 Å². The summed E-state index contributed by atoms with van der Waals surface area (Å²) in [5.41, 5.74) is 0.937. The van der Waals surface area contributed by atoms with Crippen LogP contribution in [0, 0.1) is 0 Å². The van der Waals surface area contributed by atoms with Crippen LogP contribution in [0.3, 0.4) is 0 Å². The Kier molecular flexibility index (Phi) is 4.59. The molecule has 1 aromatic carbocycles. The van der Waals surface area contributed by atoms with E-state index in [9.17, 15) is 4.79 Å². The SMILES string of the molecule is COc1ccccc1CC(=O)NC1CCNCC1. The Morgan fingerprint density at radius 3 is 2.83 bits per heavy atom. The molecule has 1 fully saturated rings. The van der Waals surface area contributed by atoms with Gasteiger partial charge in [0.2, 0.25) is 5.91 Å². The van der Waals surface area contributed by atoms with Crippen LogP contribution in [0.4, 0.5) is 0 Å². The summed E-state index contributed by atoms with van der Waals surface area (Å²) in [7, 11) is 1.63. The summed E-state index contributed by atoms with van der Waals surface area (Å²) in [5.74, 6) is 0.851. The third kappa shape index (κ3) is 3.47. The molecule has 1 aliphatic rings. The van der Waals surface area contributed by atoms with Crippen molar-refractivity contribution in [3.05, 3.63) is 29.8 Å². The molecule has 0 unspecified atom stereocenters. The highest BCUT2D eigenvalue weighted by Gasteiger charge is 2.16. The summed E-state index contributed by atoms with van der Waals surface area (Å²) >= 11 is 0. The first kappa shape index (κ1) is 12.9. The maximum atomic E-state index is 12.0. The van der Waals surface area contributed by atoms with Crippen LogP contribution in [0.25, 0.3) is 0 Å². The standard InChI is InChI=1S/C14H20N2O2/c1-18-13-5-3-2-4-11(13)10-14(17)16-12-6-8-15-9-7-12/h2-5,12,15H,6-10H2,1H3,(H,16,17). The number of carbonyl (C=O) groups is 1. The lowest BCUT2D eigenvalue weighted by molar-refractivity contribution is -0.121. The predicted octanol–water partition coefficient (Wildman–Crippen LogP) is 1.11. The Balaban J connectivity index is 1.90. The van der Waals surface area contributed by atoms with Crippen LogP contribution in [-0.2, 0) is 11.2 Å². The molecule has 0 saturated carbocycles. The number of nitrogens with one attached hydrogen (secondary N) is 2. The van der Waals surface area contributed by atoms with Gasteiger partial charge in [-0.1, -0.05) is 18.2 Å². The van der Waals surface area contributed by atoms with Crippen molar-refractivity contribution in [1.82, 2.24) is 10.6 Å². The Morgan fingerprint density at radius 1 is 1.39 bits per heavy atom.